The standard InChI is InChI=1S/C18H23N3O4.C2HF3O2/c1-12-15(7-19-25-12)18(22)20-16-10-21(8-13-4-6-23-11-13)9-14-3-2-5-24-17(14)16;3-2(4,5)1(6)7/h4,6-7,11,14,16-17H,2-3,5,8-10H2,1H3,(H,20,22);(H,6,7)/t14-,16+,17-;/m0./s1. The topological polar surface area (TPSA) is 118 Å². The molecule has 32 heavy (non-hydrogen) atoms. The molecular weight excluding hydrogens is 435 g/mol. The Kier molecular flexibility index (Phi) is 7.56. The molecular formula is C20H24F3N3O6. The van der Waals surface area contributed by atoms with Crippen LogP contribution in [0.4, 0.5) is 13.2 Å². The van der Waals surface area contributed by atoms with Crippen LogP contribution in [0.15, 0.2) is 33.7 Å². The number of likely N-dealkylation sites (tertiary alicyclic amines) is 1. The van der Waals surface area contributed by atoms with Gasteiger partial charge < -0.3 is 24.1 Å². The predicted octanol–water partition coefficient (Wildman–Crippen LogP) is 2.62. The summed E-state index contributed by atoms with van der Waals surface area (Å²) in [7, 11) is 0. The van der Waals surface area contributed by atoms with E-state index in [1.807, 2.05) is 6.07 Å². The molecule has 1 amide bonds. The molecule has 176 valence electrons. The van der Waals surface area contributed by atoms with Crippen LogP contribution in [0.3, 0.4) is 0 Å². The predicted molar refractivity (Wildman–Crippen MR) is 103 cm³/mol. The normalized spacial score (nSPS) is 23.6. The molecule has 2 aliphatic heterocycles. The van der Waals surface area contributed by atoms with Gasteiger partial charge in [-0.15, -0.1) is 0 Å². The molecule has 0 unspecified atom stereocenters. The second kappa shape index (κ2) is 10.2. The van der Waals surface area contributed by atoms with Crippen molar-refractivity contribution < 1.29 is 41.5 Å². The summed E-state index contributed by atoms with van der Waals surface area (Å²) in [5, 5.41) is 14.0. The number of carbonyl (C=O) groups is 2. The number of amides is 1. The second-order valence-electron chi connectivity index (χ2n) is 7.74. The summed E-state index contributed by atoms with van der Waals surface area (Å²) >= 11 is 0. The van der Waals surface area contributed by atoms with Gasteiger partial charge in [-0.05, 0) is 31.7 Å². The van der Waals surface area contributed by atoms with Crippen molar-refractivity contribution in [1.29, 1.82) is 0 Å². The molecule has 0 radical (unpaired) electrons. The second-order valence-corrected chi connectivity index (χ2v) is 7.74. The fourth-order valence-electron chi connectivity index (χ4n) is 3.95. The Bertz CT molecular complexity index is 899. The Morgan fingerprint density at radius 2 is 2.09 bits per heavy atom. The van der Waals surface area contributed by atoms with Gasteiger partial charge in [0.15, 0.2) is 0 Å². The van der Waals surface area contributed by atoms with Crippen molar-refractivity contribution >= 4 is 11.9 Å². The first kappa shape index (κ1) is 23.8. The van der Waals surface area contributed by atoms with Crippen LogP contribution in [0.5, 0.6) is 0 Å². The zero-order valence-electron chi connectivity index (χ0n) is 17.3. The molecule has 2 aliphatic rings. The summed E-state index contributed by atoms with van der Waals surface area (Å²) < 4.78 is 48.0. The molecule has 0 bridgehead atoms. The summed E-state index contributed by atoms with van der Waals surface area (Å²) in [5.74, 6) is -1.94. The molecule has 2 aromatic rings. The van der Waals surface area contributed by atoms with Crippen LogP contribution in [-0.2, 0) is 16.1 Å². The number of alkyl halides is 3. The smallest absolute Gasteiger partial charge is 0.475 e. The quantitative estimate of drug-likeness (QED) is 0.717. The third kappa shape index (κ3) is 6.10. The van der Waals surface area contributed by atoms with Gasteiger partial charge in [0.25, 0.3) is 5.91 Å². The number of nitrogens with zero attached hydrogens (tertiary/aromatic N) is 2. The third-order valence-corrected chi connectivity index (χ3v) is 5.38. The highest BCUT2D eigenvalue weighted by Gasteiger charge is 2.40. The zero-order chi connectivity index (χ0) is 23.3. The van der Waals surface area contributed by atoms with Crippen molar-refractivity contribution in [3.63, 3.8) is 0 Å². The summed E-state index contributed by atoms with van der Waals surface area (Å²) in [4.78, 5) is 23.9. The van der Waals surface area contributed by atoms with E-state index in [1.165, 1.54) is 6.20 Å². The van der Waals surface area contributed by atoms with E-state index >= 15 is 0 Å². The van der Waals surface area contributed by atoms with Crippen molar-refractivity contribution in [2.45, 2.75) is 44.6 Å². The molecule has 2 fully saturated rings. The van der Waals surface area contributed by atoms with Crippen molar-refractivity contribution in [2.24, 2.45) is 5.92 Å². The van der Waals surface area contributed by atoms with Gasteiger partial charge in [-0.25, -0.2) is 4.79 Å². The van der Waals surface area contributed by atoms with E-state index in [0.717, 1.165) is 44.6 Å². The fourth-order valence-corrected chi connectivity index (χ4v) is 3.95. The summed E-state index contributed by atoms with van der Waals surface area (Å²) in [6.45, 7) is 5.06. The molecule has 12 heteroatoms. The van der Waals surface area contributed by atoms with Gasteiger partial charge in [0, 0.05) is 31.8 Å². The van der Waals surface area contributed by atoms with Gasteiger partial charge in [0.2, 0.25) is 0 Å². The van der Waals surface area contributed by atoms with Crippen molar-refractivity contribution in [3.8, 4) is 0 Å². The molecule has 2 aromatic heterocycles. The maximum atomic E-state index is 12.6. The molecule has 0 saturated carbocycles. The van der Waals surface area contributed by atoms with E-state index in [0.29, 0.717) is 17.2 Å². The number of aryl methyl sites for hydroxylation is 1. The van der Waals surface area contributed by atoms with Crippen LogP contribution in [0.2, 0.25) is 0 Å². The molecule has 4 rings (SSSR count). The highest BCUT2D eigenvalue weighted by atomic mass is 19.4. The van der Waals surface area contributed by atoms with Gasteiger partial charge in [0.05, 0.1) is 30.9 Å². The Hall–Kier alpha value is -2.86. The average molecular weight is 459 g/mol. The van der Waals surface area contributed by atoms with Crippen LogP contribution in [0.25, 0.3) is 0 Å². The monoisotopic (exact) mass is 459 g/mol. The summed E-state index contributed by atoms with van der Waals surface area (Å²) in [5.41, 5.74) is 1.63. The van der Waals surface area contributed by atoms with Crippen LogP contribution in [0, 0.1) is 12.8 Å². The Balaban J connectivity index is 0.000000360. The lowest BCUT2D eigenvalue weighted by molar-refractivity contribution is -0.192. The number of aliphatic carboxylic acids is 1. The number of ether oxygens (including phenoxy) is 1. The highest BCUT2D eigenvalue weighted by Crippen LogP contribution is 2.30. The first-order chi connectivity index (χ1) is 15.1. The number of fused-ring (bicyclic) bond motifs is 1. The van der Waals surface area contributed by atoms with E-state index < -0.39 is 12.1 Å². The number of aromatic nitrogens is 1. The number of carbonyl (C=O) groups excluding carboxylic acids is 1. The third-order valence-electron chi connectivity index (χ3n) is 5.38. The number of hydrogen-bond donors (Lipinski definition) is 2. The summed E-state index contributed by atoms with van der Waals surface area (Å²) in [6.07, 6.45) is 2.13. The number of carboxylic acid groups (broad SMARTS) is 1. The highest BCUT2D eigenvalue weighted by molar-refractivity contribution is 5.95. The lowest BCUT2D eigenvalue weighted by atomic mass is 9.85. The number of hydrogen-bond acceptors (Lipinski definition) is 7. The molecule has 2 saturated heterocycles. The van der Waals surface area contributed by atoms with Crippen LogP contribution >= 0.6 is 0 Å². The van der Waals surface area contributed by atoms with E-state index in [4.69, 9.17) is 23.6 Å². The van der Waals surface area contributed by atoms with Gasteiger partial charge in [-0.2, -0.15) is 13.2 Å². The van der Waals surface area contributed by atoms with Gasteiger partial charge in [0.1, 0.15) is 11.3 Å². The fraction of sp³-hybridized carbons (Fsp3) is 0.550. The zero-order valence-corrected chi connectivity index (χ0v) is 17.3. The maximum absolute atomic E-state index is 12.6. The van der Waals surface area contributed by atoms with Gasteiger partial charge in [-0.1, -0.05) is 5.16 Å². The Labute approximate surface area is 181 Å². The van der Waals surface area contributed by atoms with Crippen LogP contribution < -0.4 is 5.32 Å². The first-order valence-corrected chi connectivity index (χ1v) is 10.0. The number of nitrogens with one attached hydrogen (secondary N) is 1. The number of carboxylic acids is 1. The first-order valence-electron chi connectivity index (χ1n) is 10.0. The van der Waals surface area contributed by atoms with Crippen LogP contribution in [0.1, 0.15) is 34.5 Å². The minimum Gasteiger partial charge on any atom is -0.475 e. The average Bonchev–Trinajstić information content (AvgIpc) is 3.39. The van der Waals surface area contributed by atoms with Crippen LogP contribution in [-0.4, -0.2) is 65.1 Å². The molecule has 4 heterocycles. The Morgan fingerprint density at radius 1 is 1.34 bits per heavy atom. The number of piperidine rings is 1. The maximum Gasteiger partial charge on any atom is 0.490 e. The van der Waals surface area contributed by atoms with Gasteiger partial charge in [-0.3, -0.25) is 9.69 Å². The number of furan rings is 1. The molecule has 0 aromatic carbocycles. The minimum atomic E-state index is -5.08. The minimum absolute atomic E-state index is 0.0484. The molecule has 3 atom stereocenters. The molecule has 2 N–H and O–H groups in total. The van der Waals surface area contributed by atoms with E-state index in [-0.39, 0.29) is 18.1 Å². The molecule has 0 aliphatic carbocycles. The van der Waals surface area contributed by atoms with Gasteiger partial charge >= 0.3 is 12.1 Å². The Morgan fingerprint density at radius 3 is 2.69 bits per heavy atom. The van der Waals surface area contributed by atoms with Crippen molar-refractivity contribution in [2.75, 3.05) is 19.7 Å². The molecule has 0 spiro atoms. The van der Waals surface area contributed by atoms with E-state index in [1.54, 1.807) is 19.5 Å². The largest absolute Gasteiger partial charge is 0.490 e. The number of rotatable bonds is 4. The SMILES string of the molecule is Cc1oncc1C(=O)N[C@@H]1CN(Cc2ccoc2)C[C@@H]2CCCO[C@@H]21.O=C(O)C(F)(F)F. The number of halogens is 3. The summed E-state index contributed by atoms with van der Waals surface area (Å²) in [6, 6.07) is 1.94. The van der Waals surface area contributed by atoms with E-state index in [2.05, 4.69) is 15.4 Å². The molecule has 9 nitrogen and oxygen atoms in total. The van der Waals surface area contributed by atoms with Crippen molar-refractivity contribution in [1.82, 2.24) is 15.4 Å². The lowest BCUT2D eigenvalue weighted by Gasteiger charge is -2.46. The van der Waals surface area contributed by atoms with Crippen molar-refractivity contribution in [3.05, 3.63) is 41.7 Å². The lowest BCUT2D eigenvalue weighted by Crippen LogP contribution is -2.60. The van der Waals surface area contributed by atoms with E-state index in [9.17, 15) is 18.0 Å².